The van der Waals surface area contributed by atoms with Gasteiger partial charge >= 0.3 is 0 Å². The zero-order valence-electron chi connectivity index (χ0n) is 13.4. The predicted molar refractivity (Wildman–Crippen MR) is 92.4 cm³/mol. The molecule has 6 nitrogen and oxygen atoms in total. The summed E-state index contributed by atoms with van der Waals surface area (Å²) in [5.74, 6) is -0.227. The van der Waals surface area contributed by atoms with Crippen LogP contribution in [0, 0.1) is 0 Å². The second-order valence-electron chi connectivity index (χ2n) is 5.75. The maximum Gasteiger partial charge on any atom is 0.261 e. The van der Waals surface area contributed by atoms with Gasteiger partial charge in [0.1, 0.15) is 0 Å². The first-order valence-electron chi connectivity index (χ1n) is 8.06. The Kier molecular flexibility index (Phi) is 7.01. The lowest BCUT2D eigenvalue weighted by Crippen LogP contribution is -2.36. The largest absolute Gasteiger partial charge is 0.350 e. The molecular weight excluding hydrogens is 334 g/mol. The third-order valence-corrected chi connectivity index (χ3v) is 6.55. The van der Waals surface area contributed by atoms with Gasteiger partial charge in [0.05, 0.1) is 9.77 Å². The summed E-state index contributed by atoms with van der Waals surface area (Å²) in [6, 6.07) is 1.97. The van der Waals surface area contributed by atoms with E-state index in [4.69, 9.17) is 0 Å². The van der Waals surface area contributed by atoms with Gasteiger partial charge in [0, 0.05) is 24.5 Å². The molecule has 0 aliphatic heterocycles. The van der Waals surface area contributed by atoms with Crippen LogP contribution in [0.3, 0.4) is 0 Å². The van der Waals surface area contributed by atoms with Crippen LogP contribution < -0.4 is 15.4 Å². The van der Waals surface area contributed by atoms with Crippen molar-refractivity contribution in [2.75, 3.05) is 20.1 Å². The zero-order chi connectivity index (χ0) is 16.7. The zero-order valence-corrected chi connectivity index (χ0v) is 15.1. The van der Waals surface area contributed by atoms with Crippen molar-refractivity contribution in [3.05, 3.63) is 16.3 Å². The molecule has 0 unspecified atom stereocenters. The minimum Gasteiger partial charge on any atom is -0.350 e. The highest BCUT2D eigenvalue weighted by Crippen LogP contribution is 2.19. The van der Waals surface area contributed by atoms with Crippen molar-refractivity contribution < 1.29 is 13.2 Å². The Bertz CT molecular complexity index is 605. The van der Waals surface area contributed by atoms with E-state index in [2.05, 4.69) is 15.4 Å². The molecule has 130 valence electrons. The van der Waals surface area contributed by atoms with Crippen LogP contribution in [0.1, 0.15) is 48.2 Å². The number of nitrogens with one attached hydrogen (secondary N) is 3. The lowest BCUT2D eigenvalue weighted by atomic mass is 10.1. The van der Waals surface area contributed by atoms with Gasteiger partial charge in [-0.2, -0.15) is 0 Å². The minimum absolute atomic E-state index is 0.131. The first kappa shape index (κ1) is 18.4. The molecule has 1 aliphatic carbocycles. The van der Waals surface area contributed by atoms with Gasteiger partial charge < -0.3 is 10.6 Å². The molecule has 1 fully saturated rings. The Morgan fingerprint density at radius 3 is 2.57 bits per heavy atom. The quantitative estimate of drug-likeness (QED) is 0.511. The second-order valence-corrected chi connectivity index (χ2v) is 8.55. The molecule has 0 aromatic carbocycles. The maximum absolute atomic E-state index is 12.0. The third-order valence-electron chi connectivity index (χ3n) is 4.08. The van der Waals surface area contributed by atoms with Crippen LogP contribution in [-0.2, 0) is 10.0 Å². The van der Waals surface area contributed by atoms with E-state index in [0.29, 0.717) is 17.5 Å². The molecule has 0 spiro atoms. The standard InChI is InChI=1S/C15H25N3O3S2/c1-16-23(20,21)13-10-14(22-11-13)15(19)18-9-8-17-12-6-4-2-3-5-7-12/h10-12,16-17H,2-9H2,1H3,(H,18,19). The Labute approximate surface area is 142 Å². The van der Waals surface area contributed by atoms with Gasteiger partial charge in [-0.1, -0.05) is 25.7 Å². The van der Waals surface area contributed by atoms with Gasteiger partial charge in [-0.3, -0.25) is 4.79 Å². The Balaban J connectivity index is 1.74. The Morgan fingerprint density at radius 1 is 1.22 bits per heavy atom. The van der Waals surface area contributed by atoms with Gasteiger partial charge in [-0.05, 0) is 26.0 Å². The molecule has 1 aromatic rings. The van der Waals surface area contributed by atoms with E-state index < -0.39 is 10.0 Å². The Hall–Kier alpha value is -0.960. The van der Waals surface area contributed by atoms with Crippen molar-refractivity contribution in [3.8, 4) is 0 Å². The minimum atomic E-state index is -3.49. The molecule has 1 aliphatic rings. The van der Waals surface area contributed by atoms with E-state index in [1.807, 2.05) is 0 Å². The Morgan fingerprint density at radius 2 is 1.91 bits per heavy atom. The van der Waals surface area contributed by atoms with Crippen LogP contribution >= 0.6 is 11.3 Å². The molecule has 1 heterocycles. The van der Waals surface area contributed by atoms with E-state index >= 15 is 0 Å². The SMILES string of the molecule is CNS(=O)(=O)c1csc(C(=O)NCCNC2CCCCCC2)c1. The fraction of sp³-hybridized carbons (Fsp3) is 0.667. The molecule has 23 heavy (non-hydrogen) atoms. The summed E-state index contributed by atoms with van der Waals surface area (Å²) in [6.45, 7) is 1.28. The van der Waals surface area contributed by atoms with Gasteiger partial charge in [0.2, 0.25) is 10.0 Å². The molecule has 1 aromatic heterocycles. The van der Waals surface area contributed by atoms with E-state index in [1.165, 1.54) is 57.0 Å². The van der Waals surface area contributed by atoms with Crippen molar-refractivity contribution in [1.82, 2.24) is 15.4 Å². The lowest BCUT2D eigenvalue weighted by Gasteiger charge is -2.16. The number of hydrogen-bond donors (Lipinski definition) is 3. The molecule has 0 saturated heterocycles. The average Bonchev–Trinajstić information content (AvgIpc) is 2.91. The normalized spacial score (nSPS) is 16.9. The van der Waals surface area contributed by atoms with Crippen LogP contribution in [-0.4, -0.2) is 40.5 Å². The summed E-state index contributed by atoms with van der Waals surface area (Å²) in [5, 5.41) is 7.80. The molecule has 3 N–H and O–H groups in total. The number of sulfonamides is 1. The monoisotopic (exact) mass is 359 g/mol. The maximum atomic E-state index is 12.0. The highest BCUT2D eigenvalue weighted by atomic mass is 32.2. The molecule has 0 atom stereocenters. The summed E-state index contributed by atoms with van der Waals surface area (Å²) < 4.78 is 25.5. The van der Waals surface area contributed by atoms with Crippen molar-refractivity contribution >= 4 is 27.3 Å². The fourth-order valence-electron chi connectivity index (χ4n) is 2.72. The van der Waals surface area contributed by atoms with Gasteiger partial charge in [-0.15, -0.1) is 11.3 Å². The fourth-order valence-corrected chi connectivity index (χ4v) is 4.64. The first-order chi connectivity index (χ1) is 11.0. The smallest absolute Gasteiger partial charge is 0.261 e. The van der Waals surface area contributed by atoms with E-state index in [-0.39, 0.29) is 10.8 Å². The number of hydrogen-bond acceptors (Lipinski definition) is 5. The molecule has 8 heteroatoms. The van der Waals surface area contributed by atoms with Crippen molar-refractivity contribution in [3.63, 3.8) is 0 Å². The van der Waals surface area contributed by atoms with Crippen molar-refractivity contribution in [1.29, 1.82) is 0 Å². The lowest BCUT2D eigenvalue weighted by molar-refractivity contribution is 0.0957. The van der Waals surface area contributed by atoms with Crippen molar-refractivity contribution in [2.45, 2.75) is 49.5 Å². The van der Waals surface area contributed by atoms with Crippen LogP contribution in [0.25, 0.3) is 0 Å². The van der Waals surface area contributed by atoms with Crippen LogP contribution in [0.2, 0.25) is 0 Å². The van der Waals surface area contributed by atoms with Crippen LogP contribution in [0.15, 0.2) is 16.3 Å². The predicted octanol–water partition coefficient (Wildman–Crippen LogP) is 1.70. The van der Waals surface area contributed by atoms with Gasteiger partial charge in [0.15, 0.2) is 0 Å². The number of carbonyl (C=O) groups excluding carboxylic acids is 1. The number of rotatable bonds is 7. The summed E-state index contributed by atoms with van der Waals surface area (Å²) in [6.07, 6.45) is 7.63. The van der Waals surface area contributed by atoms with E-state index in [9.17, 15) is 13.2 Å². The molecular formula is C15H25N3O3S2. The van der Waals surface area contributed by atoms with E-state index in [0.717, 1.165) is 17.9 Å². The van der Waals surface area contributed by atoms with E-state index in [1.54, 1.807) is 0 Å². The highest BCUT2D eigenvalue weighted by molar-refractivity contribution is 7.89. The van der Waals surface area contributed by atoms with Crippen LogP contribution in [0.5, 0.6) is 0 Å². The third kappa shape index (κ3) is 5.56. The molecule has 1 saturated carbocycles. The number of thiophene rings is 1. The first-order valence-corrected chi connectivity index (χ1v) is 10.4. The summed E-state index contributed by atoms with van der Waals surface area (Å²) in [7, 11) is -2.13. The topological polar surface area (TPSA) is 87.3 Å². The summed E-state index contributed by atoms with van der Waals surface area (Å²) >= 11 is 1.14. The molecule has 0 radical (unpaired) electrons. The number of amides is 1. The summed E-state index contributed by atoms with van der Waals surface area (Å²) in [5.41, 5.74) is 0. The van der Waals surface area contributed by atoms with Gasteiger partial charge in [0.25, 0.3) is 5.91 Å². The second kappa shape index (κ2) is 8.77. The molecule has 0 bridgehead atoms. The van der Waals surface area contributed by atoms with Gasteiger partial charge in [-0.25, -0.2) is 13.1 Å². The van der Waals surface area contributed by atoms with Crippen LogP contribution in [0.4, 0.5) is 0 Å². The molecule has 2 rings (SSSR count). The highest BCUT2D eigenvalue weighted by Gasteiger charge is 2.17. The van der Waals surface area contributed by atoms with Crippen molar-refractivity contribution in [2.24, 2.45) is 0 Å². The number of carbonyl (C=O) groups is 1. The molecule has 1 amide bonds. The summed E-state index contributed by atoms with van der Waals surface area (Å²) in [4.78, 5) is 12.6. The average molecular weight is 360 g/mol.